The molecule has 0 atom stereocenters. The van der Waals surface area contributed by atoms with Gasteiger partial charge in [0.15, 0.2) is 11.5 Å². The molecule has 5 heteroatoms. The van der Waals surface area contributed by atoms with E-state index in [1.807, 2.05) is 44.2 Å². The molecule has 0 fully saturated rings. The molecule has 0 radical (unpaired) electrons. The molecular formula is C18H20BrNO3. The Balaban J connectivity index is 2.27. The lowest BCUT2D eigenvalue weighted by atomic mass is 10.1. The maximum absolute atomic E-state index is 12.3. The molecule has 23 heavy (non-hydrogen) atoms. The van der Waals surface area contributed by atoms with E-state index in [4.69, 9.17) is 9.47 Å². The van der Waals surface area contributed by atoms with Gasteiger partial charge in [-0.2, -0.15) is 0 Å². The summed E-state index contributed by atoms with van der Waals surface area (Å²) in [6.07, 6.45) is 0. The summed E-state index contributed by atoms with van der Waals surface area (Å²) in [5.41, 5.74) is 1.56. The molecule has 2 rings (SSSR count). The number of hydrogen-bond acceptors (Lipinski definition) is 3. The Morgan fingerprint density at radius 2 is 1.87 bits per heavy atom. The monoisotopic (exact) mass is 377 g/mol. The average molecular weight is 378 g/mol. The minimum atomic E-state index is -0.154. The quantitative estimate of drug-likeness (QED) is 0.821. The van der Waals surface area contributed by atoms with Gasteiger partial charge in [-0.3, -0.25) is 4.79 Å². The van der Waals surface area contributed by atoms with Crippen molar-refractivity contribution in [2.75, 3.05) is 7.11 Å². The van der Waals surface area contributed by atoms with Crippen molar-refractivity contribution in [1.82, 2.24) is 5.32 Å². The normalized spacial score (nSPS) is 10.5. The molecule has 0 aromatic heterocycles. The van der Waals surface area contributed by atoms with Crippen LogP contribution in [-0.4, -0.2) is 19.1 Å². The molecule has 1 amide bonds. The second kappa shape index (κ2) is 8.02. The number of carbonyl (C=O) groups excluding carboxylic acids is 1. The van der Waals surface area contributed by atoms with Crippen molar-refractivity contribution < 1.29 is 14.3 Å². The van der Waals surface area contributed by atoms with Crippen LogP contribution in [0.3, 0.4) is 0 Å². The molecule has 122 valence electrons. The topological polar surface area (TPSA) is 47.6 Å². The summed E-state index contributed by atoms with van der Waals surface area (Å²) in [5.74, 6) is 0.945. The van der Waals surface area contributed by atoms with Crippen molar-refractivity contribution in [3.8, 4) is 11.5 Å². The van der Waals surface area contributed by atoms with Gasteiger partial charge < -0.3 is 14.8 Å². The number of ether oxygens (including phenoxy) is 2. The minimum absolute atomic E-state index is 0.0604. The van der Waals surface area contributed by atoms with Gasteiger partial charge in [-0.15, -0.1) is 0 Å². The van der Waals surface area contributed by atoms with Gasteiger partial charge in [0.05, 0.1) is 17.1 Å². The van der Waals surface area contributed by atoms with Gasteiger partial charge in [0.1, 0.15) is 6.61 Å². The summed E-state index contributed by atoms with van der Waals surface area (Å²) in [6.45, 7) is 4.23. The van der Waals surface area contributed by atoms with Crippen molar-refractivity contribution in [2.24, 2.45) is 0 Å². The van der Waals surface area contributed by atoms with Gasteiger partial charge in [-0.05, 0) is 47.5 Å². The fourth-order valence-corrected chi connectivity index (χ4v) is 2.70. The number of methoxy groups -OCH3 is 1. The molecule has 0 bridgehead atoms. The highest BCUT2D eigenvalue weighted by atomic mass is 79.9. The van der Waals surface area contributed by atoms with Gasteiger partial charge in [0, 0.05) is 6.04 Å². The second-order valence-corrected chi connectivity index (χ2v) is 6.15. The molecule has 0 heterocycles. The molecule has 1 N–H and O–H groups in total. The van der Waals surface area contributed by atoms with Crippen LogP contribution in [0.2, 0.25) is 0 Å². The van der Waals surface area contributed by atoms with Crippen molar-refractivity contribution in [1.29, 1.82) is 0 Å². The van der Waals surface area contributed by atoms with E-state index in [9.17, 15) is 4.79 Å². The van der Waals surface area contributed by atoms with Crippen LogP contribution in [0, 0.1) is 0 Å². The first-order chi connectivity index (χ1) is 11.0. The molecule has 2 aromatic rings. The molecule has 0 aliphatic carbocycles. The standard InChI is InChI=1S/C18H20BrNO3/c1-12(2)20-18(21)14-9-10-15(22-3)17(16(14)19)23-11-13-7-5-4-6-8-13/h4-10,12H,11H2,1-3H3,(H,20,21). The highest BCUT2D eigenvalue weighted by molar-refractivity contribution is 9.10. The lowest BCUT2D eigenvalue weighted by Gasteiger charge is -2.16. The Kier molecular flexibility index (Phi) is 6.04. The first kappa shape index (κ1) is 17.3. The predicted octanol–water partition coefficient (Wildman–Crippen LogP) is 4.17. The van der Waals surface area contributed by atoms with E-state index in [0.29, 0.717) is 28.1 Å². The summed E-state index contributed by atoms with van der Waals surface area (Å²) < 4.78 is 11.8. The van der Waals surface area contributed by atoms with Crippen LogP contribution in [0.15, 0.2) is 46.9 Å². The van der Waals surface area contributed by atoms with Gasteiger partial charge in [-0.1, -0.05) is 30.3 Å². The Bertz CT molecular complexity index is 671. The number of rotatable bonds is 6. The highest BCUT2D eigenvalue weighted by Gasteiger charge is 2.19. The molecule has 0 spiro atoms. The van der Waals surface area contributed by atoms with Crippen LogP contribution in [0.5, 0.6) is 11.5 Å². The zero-order valence-corrected chi connectivity index (χ0v) is 15.0. The van der Waals surface area contributed by atoms with Crippen LogP contribution in [0.1, 0.15) is 29.8 Å². The third-order valence-electron chi connectivity index (χ3n) is 3.17. The number of nitrogens with one attached hydrogen (secondary N) is 1. The van der Waals surface area contributed by atoms with Crippen LogP contribution in [0.4, 0.5) is 0 Å². The highest BCUT2D eigenvalue weighted by Crippen LogP contribution is 2.38. The smallest absolute Gasteiger partial charge is 0.252 e. The van der Waals surface area contributed by atoms with Crippen LogP contribution in [0.25, 0.3) is 0 Å². The summed E-state index contributed by atoms with van der Waals surface area (Å²) in [7, 11) is 1.57. The summed E-state index contributed by atoms with van der Waals surface area (Å²) >= 11 is 3.47. The fraction of sp³-hybridized carbons (Fsp3) is 0.278. The van der Waals surface area contributed by atoms with Crippen LogP contribution < -0.4 is 14.8 Å². The Labute approximate surface area is 144 Å². The van der Waals surface area contributed by atoms with Crippen LogP contribution in [-0.2, 0) is 6.61 Å². The summed E-state index contributed by atoms with van der Waals surface area (Å²) in [6, 6.07) is 13.3. The largest absolute Gasteiger partial charge is 0.493 e. The lowest BCUT2D eigenvalue weighted by molar-refractivity contribution is 0.0941. The number of amides is 1. The van der Waals surface area contributed by atoms with Crippen LogP contribution >= 0.6 is 15.9 Å². The summed E-state index contributed by atoms with van der Waals surface area (Å²) in [5, 5.41) is 2.87. The van der Waals surface area contributed by atoms with Crippen molar-refractivity contribution in [2.45, 2.75) is 26.5 Å². The molecule has 0 unspecified atom stereocenters. The van der Waals surface area contributed by atoms with Crippen molar-refractivity contribution in [3.05, 3.63) is 58.1 Å². The lowest BCUT2D eigenvalue weighted by Crippen LogP contribution is -2.30. The molecular weight excluding hydrogens is 358 g/mol. The zero-order chi connectivity index (χ0) is 16.8. The number of carbonyl (C=O) groups is 1. The maximum Gasteiger partial charge on any atom is 0.252 e. The Morgan fingerprint density at radius 1 is 1.17 bits per heavy atom. The van der Waals surface area contributed by atoms with E-state index in [2.05, 4.69) is 21.2 Å². The first-order valence-corrected chi connectivity index (χ1v) is 8.16. The van der Waals surface area contributed by atoms with Crippen molar-refractivity contribution in [3.63, 3.8) is 0 Å². The molecule has 0 saturated heterocycles. The second-order valence-electron chi connectivity index (χ2n) is 5.36. The SMILES string of the molecule is COc1ccc(C(=O)NC(C)C)c(Br)c1OCc1ccccc1. The Morgan fingerprint density at radius 3 is 2.48 bits per heavy atom. The Hall–Kier alpha value is -2.01. The number of hydrogen-bond donors (Lipinski definition) is 1. The minimum Gasteiger partial charge on any atom is -0.493 e. The molecule has 4 nitrogen and oxygen atoms in total. The van der Waals surface area contributed by atoms with Gasteiger partial charge in [-0.25, -0.2) is 0 Å². The summed E-state index contributed by atoms with van der Waals surface area (Å²) in [4.78, 5) is 12.3. The van der Waals surface area contributed by atoms with Gasteiger partial charge in [0.25, 0.3) is 5.91 Å². The molecule has 0 saturated carbocycles. The van der Waals surface area contributed by atoms with E-state index in [1.165, 1.54) is 0 Å². The van der Waals surface area contributed by atoms with Gasteiger partial charge >= 0.3 is 0 Å². The predicted molar refractivity (Wildman–Crippen MR) is 94.1 cm³/mol. The van der Waals surface area contributed by atoms with E-state index >= 15 is 0 Å². The number of halogens is 1. The molecule has 0 aliphatic rings. The third kappa shape index (κ3) is 4.48. The van der Waals surface area contributed by atoms with Gasteiger partial charge in [0.2, 0.25) is 0 Å². The average Bonchev–Trinajstić information content (AvgIpc) is 2.53. The zero-order valence-electron chi connectivity index (χ0n) is 13.4. The maximum atomic E-state index is 12.3. The van der Waals surface area contributed by atoms with Crippen molar-refractivity contribution >= 4 is 21.8 Å². The third-order valence-corrected chi connectivity index (χ3v) is 3.96. The first-order valence-electron chi connectivity index (χ1n) is 7.37. The van der Waals surface area contributed by atoms with E-state index < -0.39 is 0 Å². The van der Waals surface area contributed by atoms with E-state index in [1.54, 1.807) is 19.2 Å². The molecule has 0 aliphatic heterocycles. The molecule has 2 aromatic carbocycles. The number of benzene rings is 2. The van der Waals surface area contributed by atoms with E-state index in [-0.39, 0.29) is 11.9 Å². The fourth-order valence-electron chi connectivity index (χ4n) is 2.08. The van der Waals surface area contributed by atoms with E-state index in [0.717, 1.165) is 5.56 Å².